The van der Waals surface area contributed by atoms with Gasteiger partial charge in [0.1, 0.15) is 17.5 Å². The summed E-state index contributed by atoms with van der Waals surface area (Å²) in [5.74, 6) is 3.89. The molecule has 4 rings (SSSR count). The predicted molar refractivity (Wildman–Crippen MR) is 109 cm³/mol. The Hall–Kier alpha value is -2.83. The van der Waals surface area contributed by atoms with Crippen LogP contribution in [0.1, 0.15) is 49.9 Å². The highest BCUT2D eigenvalue weighted by Crippen LogP contribution is 2.18. The van der Waals surface area contributed by atoms with Crippen molar-refractivity contribution in [1.82, 2.24) is 29.7 Å². The maximum Gasteiger partial charge on any atom is 0.161 e. The van der Waals surface area contributed by atoms with Crippen molar-refractivity contribution < 1.29 is 0 Å². The van der Waals surface area contributed by atoms with Gasteiger partial charge in [0, 0.05) is 55.6 Å². The molecule has 0 saturated heterocycles. The number of fused-ring (bicyclic) bond motifs is 1. The molecule has 0 aliphatic carbocycles. The Kier molecular flexibility index (Phi) is 5.89. The van der Waals surface area contributed by atoms with Crippen molar-refractivity contribution in [3.05, 3.63) is 47.9 Å². The van der Waals surface area contributed by atoms with Crippen LogP contribution >= 0.6 is 0 Å². The van der Waals surface area contributed by atoms with Gasteiger partial charge in [-0.25, -0.2) is 9.97 Å². The van der Waals surface area contributed by atoms with Crippen LogP contribution in [0.5, 0.6) is 0 Å². The number of nitrogens with zero attached hydrogens (tertiary/aromatic N) is 6. The summed E-state index contributed by atoms with van der Waals surface area (Å²) in [7, 11) is 0. The van der Waals surface area contributed by atoms with Crippen LogP contribution in [-0.2, 0) is 25.8 Å². The molecule has 7 heteroatoms. The molecule has 0 spiro atoms. The van der Waals surface area contributed by atoms with Gasteiger partial charge in [-0.15, -0.1) is 10.2 Å². The minimum absolute atomic E-state index is 0.743. The van der Waals surface area contributed by atoms with E-state index in [4.69, 9.17) is 0 Å². The summed E-state index contributed by atoms with van der Waals surface area (Å²) in [6.07, 6.45) is 11.2. The number of pyridine rings is 1. The van der Waals surface area contributed by atoms with Crippen molar-refractivity contribution in [2.45, 2.75) is 58.4 Å². The molecule has 0 unspecified atom stereocenters. The Morgan fingerprint density at radius 3 is 2.82 bits per heavy atom. The first kappa shape index (κ1) is 18.5. The molecule has 1 N–H and O–H groups in total. The molecule has 0 aromatic carbocycles. The van der Waals surface area contributed by atoms with Crippen LogP contribution in [0.4, 0.5) is 5.82 Å². The highest BCUT2D eigenvalue weighted by atomic mass is 15.3. The lowest BCUT2D eigenvalue weighted by atomic mass is 10.2. The van der Waals surface area contributed by atoms with Crippen molar-refractivity contribution in [3.8, 4) is 11.4 Å². The second kappa shape index (κ2) is 8.91. The molecule has 0 amide bonds. The first-order valence-electron chi connectivity index (χ1n) is 10.3. The fraction of sp³-hybridized carbons (Fsp3) is 0.476. The highest BCUT2D eigenvalue weighted by molar-refractivity contribution is 5.56. The second-order valence-corrected chi connectivity index (χ2v) is 7.18. The van der Waals surface area contributed by atoms with Crippen LogP contribution in [0.2, 0.25) is 0 Å². The highest BCUT2D eigenvalue weighted by Gasteiger charge is 2.14. The van der Waals surface area contributed by atoms with Gasteiger partial charge in [-0.1, -0.05) is 13.3 Å². The van der Waals surface area contributed by atoms with Gasteiger partial charge in [0.2, 0.25) is 0 Å². The van der Waals surface area contributed by atoms with Crippen LogP contribution < -0.4 is 5.32 Å². The maximum atomic E-state index is 4.69. The monoisotopic (exact) mass is 377 g/mol. The SMILES string of the molecule is CCc1cc(NCCCc2nnc3n2CCCCC3)nc(-c2ccncc2)n1. The number of aromatic nitrogens is 6. The van der Waals surface area contributed by atoms with Gasteiger partial charge in [0.25, 0.3) is 0 Å². The smallest absolute Gasteiger partial charge is 0.161 e. The predicted octanol–water partition coefficient (Wildman–Crippen LogP) is 3.46. The zero-order valence-electron chi connectivity index (χ0n) is 16.4. The molecule has 0 radical (unpaired) electrons. The van der Waals surface area contributed by atoms with E-state index in [1.807, 2.05) is 18.2 Å². The molecule has 0 bridgehead atoms. The van der Waals surface area contributed by atoms with Crippen LogP contribution in [0.3, 0.4) is 0 Å². The molecule has 1 aliphatic heterocycles. The van der Waals surface area contributed by atoms with Crippen molar-refractivity contribution in [3.63, 3.8) is 0 Å². The third-order valence-electron chi connectivity index (χ3n) is 5.15. The van der Waals surface area contributed by atoms with Crippen LogP contribution in [0, 0.1) is 0 Å². The molecule has 0 saturated carbocycles. The van der Waals surface area contributed by atoms with Crippen molar-refractivity contribution >= 4 is 5.82 Å². The molecule has 28 heavy (non-hydrogen) atoms. The standard InChI is InChI=1S/C21H27N7/c1-2-17-15-18(25-21(24-17)16-9-12-22-13-10-16)23-11-6-8-20-27-26-19-7-4-3-5-14-28(19)20/h9-10,12-13,15H,2-8,11,14H2,1H3,(H,23,24,25). The number of hydrogen-bond acceptors (Lipinski definition) is 6. The van der Waals surface area contributed by atoms with E-state index in [-0.39, 0.29) is 0 Å². The summed E-state index contributed by atoms with van der Waals surface area (Å²) >= 11 is 0. The number of aryl methyl sites for hydroxylation is 3. The Balaban J connectivity index is 1.38. The summed E-state index contributed by atoms with van der Waals surface area (Å²) in [5.41, 5.74) is 2.02. The van der Waals surface area contributed by atoms with E-state index >= 15 is 0 Å². The average Bonchev–Trinajstić information content (AvgIpc) is 2.97. The normalized spacial score (nSPS) is 13.8. The number of rotatable bonds is 7. The molecule has 0 atom stereocenters. The molecule has 146 valence electrons. The average molecular weight is 377 g/mol. The Bertz CT molecular complexity index is 904. The van der Waals surface area contributed by atoms with E-state index in [2.05, 4.69) is 42.0 Å². The lowest BCUT2D eigenvalue weighted by Crippen LogP contribution is -2.10. The number of hydrogen-bond donors (Lipinski definition) is 1. The Labute approximate surface area is 165 Å². The third kappa shape index (κ3) is 4.35. The topological polar surface area (TPSA) is 81.4 Å². The second-order valence-electron chi connectivity index (χ2n) is 7.18. The zero-order chi connectivity index (χ0) is 19.2. The molecule has 1 aliphatic rings. The number of anilines is 1. The van der Waals surface area contributed by atoms with E-state index in [1.165, 1.54) is 19.3 Å². The largest absolute Gasteiger partial charge is 0.370 e. The zero-order valence-corrected chi connectivity index (χ0v) is 16.4. The van der Waals surface area contributed by atoms with Gasteiger partial charge in [0.05, 0.1) is 0 Å². The first-order chi connectivity index (χ1) is 13.8. The quantitative estimate of drug-likeness (QED) is 0.635. The fourth-order valence-electron chi connectivity index (χ4n) is 3.59. The summed E-state index contributed by atoms with van der Waals surface area (Å²) < 4.78 is 2.33. The molecule has 0 fully saturated rings. The fourth-order valence-corrected chi connectivity index (χ4v) is 3.59. The maximum absolute atomic E-state index is 4.69. The first-order valence-corrected chi connectivity index (χ1v) is 10.3. The van der Waals surface area contributed by atoms with E-state index in [0.29, 0.717) is 0 Å². The van der Waals surface area contributed by atoms with Crippen LogP contribution in [0.15, 0.2) is 30.6 Å². The van der Waals surface area contributed by atoms with Gasteiger partial charge >= 0.3 is 0 Å². The molecule has 3 aromatic heterocycles. The minimum atomic E-state index is 0.743. The molecule has 3 aromatic rings. The molecule has 4 heterocycles. The minimum Gasteiger partial charge on any atom is -0.370 e. The lowest BCUT2D eigenvalue weighted by Gasteiger charge is -2.10. The van der Waals surface area contributed by atoms with E-state index in [9.17, 15) is 0 Å². The van der Waals surface area contributed by atoms with Crippen LogP contribution in [-0.4, -0.2) is 36.3 Å². The molecule has 7 nitrogen and oxygen atoms in total. The summed E-state index contributed by atoms with van der Waals surface area (Å²) in [6.45, 7) is 4.02. The number of nitrogens with one attached hydrogen (secondary N) is 1. The summed E-state index contributed by atoms with van der Waals surface area (Å²) in [4.78, 5) is 13.4. The Morgan fingerprint density at radius 2 is 1.96 bits per heavy atom. The Morgan fingerprint density at radius 1 is 1.07 bits per heavy atom. The molecular weight excluding hydrogens is 350 g/mol. The third-order valence-corrected chi connectivity index (χ3v) is 5.15. The lowest BCUT2D eigenvalue weighted by molar-refractivity contribution is 0.599. The van der Waals surface area contributed by atoms with Gasteiger partial charge < -0.3 is 9.88 Å². The van der Waals surface area contributed by atoms with E-state index in [1.54, 1.807) is 12.4 Å². The van der Waals surface area contributed by atoms with Gasteiger partial charge in [-0.3, -0.25) is 4.98 Å². The summed E-state index contributed by atoms with van der Waals surface area (Å²) in [5, 5.41) is 12.3. The van der Waals surface area contributed by atoms with E-state index < -0.39 is 0 Å². The van der Waals surface area contributed by atoms with E-state index in [0.717, 1.165) is 73.3 Å². The molecular formula is C21H27N7. The van der Waals surface area contributed by atoms with Crippen molar-refractivity contribution in [2.75, 3.05) is 11.9 Å². The van der Waals surface area contributed by atoms with Gasteiger partial charge in [-0.2, -0.15) is 0 Å². The van der Waals surface area contributed by atoms with Crippen LogP contribution in [0.25, 0.3) is 11.4 Å². The summed E-state index contributed by atoms with van der Waals surface area (Å²) in [6, 6.07) is 5.92. The van der Waals surface area contributed by atoms with Crippen molar-refractivity contribution in [2.24, 2.45) is 0 Å². The van der Waals surface area contributed by atoms with Gasteiger partial charge in [0.15, 0.2) is 5.82 Å². The van der Waals surface area contributed by atoms with Crippen molar-refractivity contribution in [1.29, 1.82) is 0 Å². The van der Waals surface area contributed by atoms with Gasteiger partial charge in [-0.05, 0) is 37.8 Å².